The van der Waals surface area contributed by atoms with Gasteiger partial charge in [0.25, 0.3) is 0 Å². The minimum absolute atomic E-state index is 0.0670. The van der Waals surface area contributed by atoms with Crippen molar-refractivity contribution in [1.82, 2.24) is 0 Å². The second-order valence-corrected chi connectivity index (χ2v) is 22.7. The molecule has 0 aromatic rings. The van der Waals surface area contributed by atoms with Gasteiger partial charge in [-0.3, -0.25) is 14.4 Å². The number of esters is 3. The Balaban J connectivity index is 3.90. The summed E-state index contributed by atoms with van der Waals surface area (Å²) in [4.78, 5) is 38.0. The van der Waals surface area contributed by atoms with E-state index in [2.05, 4.69) is 32.9 Å². The molecule has 0 rings (SSSR count). The maximum absolute atomic E-state index is 12.8. The van der Waals surface area contributed by atoms with Gasteiger partial charge in [0.2, 0.25) is 0 Å². The molecule has 0 spiro atoms. The van der Waals surface area contributed by atoms with Crippen LogP contribution in [0.4, 0.5) is 0 Å². The second-order valence-electron chi connectivity index (χ2n) is 22.7. The first kappa shape index (κ1) is 71.2. The lowest BCUT2D eigenvalue weighted by Gasteiger charge is -2.18. The first-order valence-corrected chi connectivity index (χ1v) is 33.2. The molecule has 0 aromatic heterocycles. The van der Waals surface area contributed by atoms with Crippen LogP contribution < -0.4 is 0 Å². The van der Waals surface area contributed by atoms with Crippen molar-refractivity contribution in [2.24, 2.45) is 0 Å². The molecule has 6 nitrogen and oxygen atoms in total. The molecule has 0 amide bonds. The maximum atomic E-state index is 12.8. The molecule has 0 fully saturated rings. The Bertz CT molecular complexity index is 1130. The van der Waals surface area contributed by atoms with E-state index >= 15 is 0 Å². The summed E-state index contributed by atoms with van der Waals surface area (Å²) in [6.07, 6.45) is 74.2. The van der Waals surface area contributed by atoms with E-state index in [0.717, 1.165) is 70.6 Å². The van der Waals surface area contributed by atoms with E-state index in [4.69, 9.17) is 14.2 Å². The first-order chi connectivity index (χ1) is 36.0. The van der Waals surface area contributed by atoms with Gasteiger partial charge in [-0.25, -0.2) is 0 Å². The molecule has 73 heavy (non-hydrogen) atoms. The van der Waals surface area contributed by atoms with E-state index in [1.54, 1.807) is 0 Å². The van der Waals surface area contributed by atoms with Crippen molar-refractivity contribution >= 4 is 17.9 Å². The minimum Gasteiger partial charge on any atom is -0.462 e. The predicted molar refractivity (Wildman–Crippen MR) is 317 cm³/mol. The first-order valence-electron chi connectivity index (χ1n) is 33.2. The normalized spacial score (nSPS) is 12.0. The lowest BCUT2D eigenvalue weighted by atomic mass is 10.0. The number of hydrogen-bond donors (Lipinski definition) is 0. The zero-order valence-corrected chi connectivity index (χ0v) is 49.7. The molecule has 0 bridgehead atoms. The molecule has 0 N–H and O–H groups in total. The minimum atomic E-state index is -0.767. The summed E-state index contributed by atoms with van der Waals surface area (Å²) in [5, 5.41) is 0. The van der Waals surface area contributed by atoms with E-state index in [9.17, 15) is 14.4 Å². The summed E-state index contributed by atoms with van der Waals surface area (Å²) in [6, 6.07) is 0. The van der Waals surface area contributed by atoms with Crippen LogP contribution in [0.5, 0.6) is 0 Å². The average Bonchev–Trinajstić information content (AvgIpc) is 3.39. The Labute approximate surface area is 456 Å². The standard InChI is InChI=1S/C67H128O6/c1-4-7-10-13-16-19-22-23-24-25-26-27-28-29-30-31-32-33-34-35-36-37-38-39-40-41-42-43-44-46-48-51-54-57-60-66(69)72-63-64(62-71-65(68)59-56-53-50-47-21-18-15-12-9-6-3)73-67(70)61-58-55-52-49-45-20-17-14-11-8-5-2/h12,15,64H,4-11,13-14,16-63H2,1-3H3/b15-12-. The Kier molecular flexibility index (Phi) is 61.1. The third-order valence-corrected chi connectivity index (χ3v) is 15.3. The highest BCUT2D eigenvalue weighted by Gasteiger charge is 2.19. The molecular weight excluding hydrogens is 901 g/mol. The lowest BCUT2D eigenvalue weighted by Crippen LogP contribution is -2.30. The summed E-state index contributed by atoms with van der Waals surface area (Å²) in [5.74, 6) is -0.856. The Morgan fingerprint density at radius 2 is 0.479 bits per heavy atom. The number of hydrogen-bond acceptors (Lipinski definition) is 6. The van der Waals surface area contributed by atoms with Crippen LogP contribution in [-0.2, 0) is 28.6 Å². The molecule has 0 aliphatic rings. The van der Waals surface area contributed by atoms with Crippen LogP contribution in [-0.4, -0.2) is 37.2 Å². The van der Waals surface area contributed by atoms with Gasteiger partial charge in [-0.2, -0.15) is 0 Å². The van der Waals surface area contributed by atoms with Gasteiger partial charge >= 0.3 is 17.9 Å². The monoisotopic (exact) mass is 1030 g/mol. The smallest absolute Gasteiger partial charge is 0.306 e. The van der Waals surface area contributed by atoms with E-state index in [-0.39, 0.29) is 31.1 Å². The molecule has 0 aromatic carbocycles. The molecule has 0 heterocycles. The molecule has 0 aliphatic carbocycles. The van der Waals surface area contributed by atoms with E-state index < -0.39 is 6.10 Å². The summed E-state index contributed by atoms with van der Waals surface area (Å²) in [5.41, 5.74) is 0. The molecule has 0 saturated carbocycles. The fourth-order valence-electron chi connectivity index (χ4n) is 10.3. The second kappa shape index (κ2) is 62.7. The van der Waals surface area contributed by atoms with Crippen molar-refractivity contribution in [2.75, 3.05) is 13.2 Å². The van der Waals surface area contributed by atoms with E-state index in [1.807, 2.05) is 0 Å². The zero-order valence-electron chi connectivity index (χ0n) is 49.7. The highest BCUT2D eigenvalue weighted by atomic mass is 16.6. The van der Waals surface area contributed by atoms with Crippen molar-refractivity contribution in [3.05, 3.63) is 12.2 Å². The number of unbranched alkanes of at least 4 members (excludes halogenated alkanes) is 49. The largest absolute Gasteiger partial charge is 0.462 e. The SMILES string of the molecule is CCC/C=C\CCCCCCCC(=O)OCC(COC(=O)CCCCCCCCCCCCCCCCCCCCCCCCCCCCCCCCCCCC)OC(=O)CCCCCCCCCCCCC. The quantitative estimate of drug-likeness (QED) is 0.0261. The van der Waals surface area contributed by atoms with Gasteiger partial charge in [-0.1, -0.05) is 335 Å². The number of rotatable bonds is 62. The molecule has 0 aliphatic heterocycles. The van der Waals surface area contributed by atoms with Crippen LogP contribution >= 0.6 is 0 Å². The van der Waals surface area contributed by atoms with Gasteiger partial charge < -0.3 is 14.2 Å². The highest BCUT2D eigenvalue weighted by Crippen LogP contribution is 2.19. The van der Waals surface area contributed by atoms with Crippen molar-refractivity contribution in [3.8, 4) is 0 Å². The van der Waals surface area contributed by atoms with Gasteiger partial charge in [-0.05, 0) is 38.5 Å². The lowest BCUT2D eigenvalue weighted by molar-refractivity contribution is -0.167. The van der Waals surface area contributed by atoms with Crippen molar-refractivity contribution in [1.29, 1.82) is 0 Å². The van der Waals surface area contributed by atoms with Crippen LogP contribution in [0.3, 0.4) is 0 Å². The van der Waals surface area contributed by atoms with E-state index in [0.29, 0.717) is 19.3 Å². The predicted octanol–water partition coefficient (Wildman–Crippen LogP) is 22.4. The Morgan fingerprint density at radius 1 is 0.260 bits per heavy atom. The van der Waals surface area contributed by atoms with Crippen molar-refractivity contribution < 1.29 is 28.6 Å². The summed E-state index contributed by atoms with van der Waals surface area (Å²) in [6.45, 7) is 6.62. The maximum Gasteiger partial charge on any atom is 0.306 e. The van der Waals surface area contributed by atoms with Crippen molar-refractivity contribution in [3.63, 3.8) is 0 Å². The summed E-state index contributed by atoms with van der Waals surface area (Å²) < 4.78 is 16.8. The summed E-state index contributed by atoms with van der Waals surface area (Å²) >= 11 is 0. The fraction of sp³-hybridized carbons (Fsp3) is 0.925. The number of allylic oxidation sites excluding steroid dienone is 2. The average molecular weight is 1030 g/mol. The highest BCUT2D eigenvalue weighted by molar-refractivity contribution is 5.71. The third kappa shape index (κ3) is 60.9. The van der Waals surface area contributed by atoms with Gasteiger partial charge in [0.05, 0.1) is 0 Å². The van der Waals surface area contributed by atoms with Gasteiger partial charge in [0, 0.05) is 19.3 Å². The van der Waals surface area contributed by atoms with Gasteiger partial charge in [0.1, 0.15) is 13.2 Å². The molecule has 0 radical (unpaired) electrons. The number of carbonyl (C=O) groups excluding carboxylic acids is 3. The van der Waals surface area contributed by atoms with Crippen LogP contribution in [0.1, 0.15) is 380 Å². The van der Waals surface area contributed by atoms with Crippen LogP contribution in [0.25, 0.3) is 0 Å². The van der Waals surface area contributed by atoms with Crippen molar-refractivity contribution in [2.45, 2.75) is 386 Å². The molecule has 432 valence electrons. The number of ether oxygens (including phenoxy) is 3. The van der Waals surface area contributed by atoms with Crippen LogP contribution in [0.2, 0.25) is 0 Å². The molecular formula is C67H128O6. The molecule has 1 unspecified atom stereocenters. The third-order valence-electron chi connectivity index (χ3n) is 15.3. The molecule has 6 heteroatoms. The number of carbonyl (C=O) groups is 3. The summed E-state index contributed by atoms with van der Waals surface area (Å²) in [7, 11) is 0. The van der Waals surface area contributed by atoms with E-state index in [1.165, 1.54) is 270 Å². The molecule has 0 saturated heterocycles. The zero-order chi connectivity index (χ0) is 52.9. The fourth-order valence-corrected chi connectivity index (χ4v) is 10.3. The van der Waals surface area contributed by atoms with Crippen LogP contribution in [0, 0.1) is 0 Å². The van der Waals surface area contributed by atoms with Gasteiger partial charge in [0.15, 0.2) is 6.10 Å². The topological polar surface area (TPSA) is 78.9 Å². The molecule has 1 atom stereocenters. The van der Waals surface area contributed by atoms with Crippen LogP contribution in [0.15, 0.2) is 12.2 Å². The van der Waals surface area contributed by atoms with Gasteiger partial charge in [-0.15, -0.1) is 0 Å². The Hall–Kier alpha value is -1.85. The Morgan fingerprint density at radius 3 is 0.740 bits per heavy atom.